The van der Waals surface area contributed by atoms with Gasteiger partial charge in [-0.3, -0.25) is 4.18 Å². The van der Waals surface area contributed by atoms with Crippen LogP contribution in [0.1, 0.15) is 27.7 Å². The van der Waals surface area contributed by atoms with Crippen molar-refractivity contribution in [2.24, 2.45) is 5.92 Å². The molecule has 1 amide bonds. The third-order valence-electron chi connectivity index (χ3n) is 4.59. The molecule has 0 unspecified atom stereocenters. The van der Waals surface area contributed by atoms with E-state index in [2.05, 4.69) is 40.4 Å². The number of hydrogen-bond acceptors (Lipinski definition) is 6. The van der Waals surface area contributed by atoms with Crippen molar-refractivity contribution < 1.29 is 26.6 Å². The first kappa shape index (κ1) is 25.1. The molecule has 0 aliphatic heterocycles. The number of nitrogens with zero attached hydrogens (tertiary/aromatic N) is 1. The Balaban J connectivity index is 5.20. The van der Waals surface area contributed by atoms with Gasteiger partial charge in [0.2, 0.25) is 0 Å². The van der Waals surface area contributed by atoms with Gasteiger partial charge in [-0.25, -0.2) is 4.79 Å². The largest absolute Gasteiger partial charge is 0.445 e. The third-order valence-corrected chi connectivity index (χ3v) is 9.73. The second-order valence-electron chi connectivity index (χ2n) is 8.08. The molecule has 0 rings (SSSR count). The van der Waals surface area contributed by atoms with E-state index in [9.17, 15) is 13.2 Å². The molecule has 0 heterocycles. The molecule has 0 bridgehead atoms. The van der Waals surface area contributed by atoms with E-state index >= 15 is 0 Å². The molecule has 0 aliphatic rings. The van der Waals surface area contributed by atoms with E-state index in [0.717, 1.165) is 6.26 Å². The van der Waals surface area contributed by atoms with Crippen LogP contribution in [0, 0.1) is 5.92 Å². The summed E-state index contributed by atoms with van der Waals surface area (Å²) in [5.74, 6) is -0.319. The minimum Gasteiger partial charge on any atom is -0.445 e. The molecular formula is C17H35NO6SSi. The van der Waals surface area contributed by atoms with Crippen LogP contribution in [0.3, 0.4) is 0 Å². The van der Waals surface area contributed by atoms with E-state index in [1.165, 1.54) is 11.0 Å². The summed E-state index contributed by atoms with van der Waals surface area (Å²) in [5, 5.41) is 0.0122. The van der Waals surface area contributed by atoms with Crippen molar-refractivity contribution in [2.45, 2.75) is 51.9 Å². The first-order valence-corrected chi connectivity index (χ1v) is 13.3. The number of amides is 1. The Morgan fingerprint density at radius 1 is 1.31 bits per heavy atom. The van der Waals surface area contributed by atoms with E-state index < -0.39 is 24.5 Å². The van der Waals surface area contributed by atoms with Crippen LogP contribution in [0.25, 0.3) is 0 Å². The topological polar surface area (TPSA) is 82.1 Å². The molecule has 0 spiro atoms. The van der Waals surface area contributed by atoms with Gasteiger partial charge in [0.1, 0.15) is 6.61 Å². The maximum absolute atomic E-state index is 12.0. The van der Waals surface area contributed by atoms with Gasteiger partial charge >= 0.3 is 6.09 Å². The van der Waals surface area contributed by atoms with Crippen LogP contribution < -0.4 is 0 Å². The molecule has 0 aromatic rings. The zero-order chi connectivity index (χ0) is 20.8. The number of ether oxygens (including phenoxy) is 1. The molecule has 154 valence electrons. The summed E-state index contributed by atoms with van der Waals surface area (Å²) in [5.41, 5.74) is 0. The van der Waals surface area contributed by atoms with Crippen LogP contribution in [-0.4, -0.2) is 66.9 Å². The van der Waals surface area contributed by atoms with Gasteiger partial charge in [0.15, 0.2) is 8.32 Å². The highest BCUT2D eigenvalue weighted by Crippen LogP contribution is 2.38. The van der Waals surface area contributed by atoms with Gasteiger partial charge in [0.05, 0.1) is 12.9 Å². The van der Waals surface area contributed by atoms with Crippen molar-refractivity contribution in [3.05, 3.63) is 12.7 Å². The van der Waals surface area contributed by atoms with E-state index in [1.54, 1.807) is 7.05 Å². The number of rotatable bonds is 10. The Morgan fingerprint density at radius 3 is 2.27 bits per heavy atom. The van der Waals surface area contributed by atoms with Gasteiger partial charge in [0, 0.05) is 25.6 Å². The summed E-state index contributed by atoms with van der Waals surface area (Å²) in [6.07, 6.45) is 1.70. The van der Waals surface area contributed by atoms with Gasteiger partial charge < -0.3 is 14.1 Å². The molecule has 0 N–H and O–H groups in total. The highest BCUT2D eigenvalue weighted by atomic mass is 32.2. The molecule has 0 fully saturated rings. The van der Waals surface area contributed by atoms with Crippen LogP contribution in [0.2, 0.25) is 18.1 Å². The molecular weight excluding hydrogens is 374 g/mol. The molecule has 0 aromatic carbocycles. The Bertz CT molecular complexity index is 570. The Labute approximate surface area is 159 Å². The molecule has 0 aromatic heterocycles. The van der Waals surface area contributed by atoms with Crippen molar-refractivity contribution >= 4 is 24.5 Å². The standard InChI is InChI=1S/C17H35NO6SSi/c1-10-11-22-16(19)18(6)12-15(13-23-25(7,20)21)14(2)24-26(8,9)17(3,4)5/h10,14-15H,1,11-13H2,2-9H3/t14-,15-/m1/s1. The van der Waals surface area contributed by atoms with Crippen LogP contribution in [0.5, 0.6) is 0 Å². The maximum Gasteiger partial charge on any atom is 0.409 e. The van der Waals surface area contributed by atoms with E-state index in [1.807, 2.05) is 6.92 Å². The van der Waals surface area contributed by atoms with Crippen LogP contribution in [0.4, 0.5) is 4.79 Å². The van der Waals surface area contributed by atoms with Gasteiger partial charge in [-0.2, -0.15) is 8.42 Å². The zero-order valence-electron chi connectivity index (χ0n) is 17.4. The van der Waals surface area contributed by atoms with Crippen LogP contribution >= 0.6 is 0 Å². The zero-order valence-corrected chi connectivity index (χ0v) is 19.2. The second-order valence-corrected chi connectivity index (χ2v) is 14.5. The van der Waals surface area contributed by atoms with Gasteiger partial charge in [-0.1, -0.05) is 33.4 Å². The molecule has 0 aliphatic carbocycles. The van der Waals surface area contributed by atoms with Crippen molar-refractivity contribution in [1.82, 2.24) is 4.90 Å². The van der Waals surface area contributed by atoms with Crippen molar-refractivity contribution in [3.63, 3.8) is 0 Å². The fraction of sp³-hybridized carbons (Fsp3) is 0.824. The lowest BCUT2D eigenvalue weighted by molar-refractivity contribution is 0.0667. The first-order chi connectivity index (χ1) is 11.6. The number of carbonyl (C=O) groups is 1. The average molecular weight is 410 g/mol. The SMILES string of the molecule is C=CCOC(=O)N(C)C[C@H](COS(C)(=O)=O)[C@@H](C)O[Si](C)(C)C(C)(C)C. The molecule has 7 nitrogen and oxygen atoms in total. The highest BCUT2D eigenvalue weighted by molar-refractivity contribution is 7.85. The summed E-state index contributed by atoms with van der Waals surface area (Å²) < 4.78 is 39.1. The Kier molecular flexibility index (Phi) is 9.52. The lowest BCUT2D eigenvalue weighted by Gasteiger charge is -2.40. The molecule has 0 saturated heterocycles. The minimum atomic E-state index is -3.59. The van der Waals surface area contributed by atoms with Gasteiger partial charge in [-0.05, 0) is 25.1 Å². The fourth-order valence-corrected chi connectivity index (χ4v) is 3.85. The monoisotopic (exact) mass is 409 g/mol. The van der Waals surface area contributed by atoms with E-state index in [4.69, 9.17) is 13.3 Å². The molecule has 0 saturated carbocycles. The van der Waals surface area contributed by atoms with Crippen LogP contribution in [-0.2, 0) is 23.5 Å². The number of hydrogen-bond donors (Lipinski definition) is 0. The van der Waals surface area contributed by atoms with Crippen molar-refractivity contribution in [2.75, 3.05) is 33.1 Å². The van der Waals surface area contributed by atoms with E-state index in [0.29, 0.717) is 0 Å². The quantitative estimate of drug-likeness (QED) is 0.313. The molecule has 2 atom stereocenters. The number of carbonyl (C=O) groups excluding carboxylic acids is 1. The highest BCUT2D eigenvalue weighted by Gasteiger charge is 2.40. The average Bonchev–Trinajstić information content (AvgIpc) is 2.45. The minimum absolute atomic E-state index is 0.0122. The summed E-state index contributed by atoms with van der Waals surface area (Å²) in [4.78, 5) is 13.4. The van der Waals surface area contributed by atoms with Crippen LogP contribution in [0.15, 0.2) is 12.7 Å². The van der Waals surface area contributed by atoms with Crippen molar-refractivity contribution in [3.8, 4) is 0 Å². The predicted molar refractivity (Wildman–Crippen MR) is 106 cm³/mol. The van der Waals surface area contributed by atoms with Gasteiger partial charge in [-0.15, -0.1) is 0 Å². The summed E-state index contributed by atoms with van der Waals surface area (Å²) in [6, 6.07) is 0. The molecule has 0 radical (unpaired) electrons. The predicted octanol–water partition coefficient (Wildman–Crippen LogP) is 3.24. The summed E-state index contributed by atoms with van der Waals surface area (Å²) in [6.45, 7) is 16.3. The maximum atomic E-state index is 12.0. The van der Waals surface area contributed by atoms with E-state index in [-0.39, 0.29) is 36.8 Å². The summed E-state index contributed by atoms with van der Waals surface area (Å²) >= 11 is 0. The first-order valence-electron chi connectivity index (χ1n) is 8.61. The lowest BCUT2D eigenvalue weighted by atomic mass is 10.1. The Hall–Kier alpha value is -0.903. The lowest BCUT2D eigenvalue weighted by Crippen LogP contribution is -2.48. The fourth-order valence-electron chi connectivity index (χ4n) is 1.95. The summed E-state index contributed by atoms with van der Waals surface area (Å²) in [7, 11) is -4.05. The van der Waals surface area contributed by atoms with Crippen molar-refractivity contribution in [1.29, 1.82) is 0 Å². The third kappa shape index (κ3) is 9.16. The smallest absolute Gasteiger partial charge is 0.409 e. The normalized spacial score (nSPS) is 15.2. The second kappa shape index (κ2) is 9.87. The molecule has 26 heavy (non-hydrogen) atoms. The Morgan fingerprint density at radius 2 is 1.85 bits per heavy atom. The molecule has 9 heteroatoms. The van der Waals surface area contributed by atoms with Gasteiger partial charge in [0.25, 0.3) is 10.1 Å².